The van der Waals surface area contributed by atoms with E-state index in [1.807, 2.05) is 45.2 Å². The summed E-state index contributed by atoms with van der Waals surface area (Å²) in [5.74, 6) is -0.0839. The molecule has 0 spiro atoms. The molecule has 3 N–H and O–H groups in total. The molecule has 1 aliphatic rings. The fourth-order valence-corrected chi connectivity index (χ4v) is 3.49. The molecule has 3 atom stereocenters. The minimum atomic E-state index is -0.849. The first-order valence-corrected chi connectivity index (χ1v) is 7.95. The van der Waals surface area contributed by atoms with Gasteiger partial charge in [-0.2, -0.15) is 0 Å². The molecule has 1 aromatic rings. The highest BCUT2D eigenvalue weighted by atomic mass is 32.1. The topological polar surface area (TPSA) is 64.3 Å². The van der Waals surface area contributed by atoms with Gasteiger partial charge < -0.3 is 15.8 Å². The van der Waals surface area contributed by atoms with Crippen LogP contribution in [-0.4, -0.2) is 24.2 Å². The Morgan fingerprint density at radius 3 is 2.85 bits per heavy atom. The highest BCUT2D eigenvalue weighted by Gasteiger charge is 2.62. The number of hydrogen-bond acceptors (Lipinski definition) is 4. The van der Waals surface area contributed by atoms with E-state index in [4.69, 9.17) is 10.5 Å². The maximum absolute atomic E-state index is 12.5. The molecule has 0 aromatic carbocycles. The van der Waals surface area contributed by atoms with Crippen molar-refractivity contribution in [1.82, 2.24) is 5.32 Å². The number of rotatable bonds is 5. The Hall–Kier alpha value is -0.910. The molecule has 0 saturated heterocycles. The van der Waals surface area contributed by atoms with Crippen LogP contribution in [0.2, 0.25) is 0 Å². The molecular formula is C15H24N2O2S. The molecule has 1 saturated carbocycles. The maximum Gasteiger partial charge on any atom is 0.241 e. The summed E-state index contributed by atoms with van der Waals surface area (Å²) in [6.07, 6.45) is 0.636. The predicted molar refractivity (Wildman–Crippen MR) is 81.6 cm³/mol. The van der Waals surface area contributed by atoms with Crippen LogP contribution in [-0.2, 0) is 9.53 Å². The van der Waals surface area contributed by atoms with Crippen molar-refractivity contribution in [3.05, 3.63) is 22.4 Å². The quantitative estimate of drug-likeness (QED) is 0.877. The Balaban J connectivity index is 2.03. The van der Waals surface area contributed by atoms with Crippen LogP contribution in [0.5, 0.6) is 0 Å². The highest BCUT2D eigenvalue weighted by Crippen LogP contribution is 2.50. The first-order valence-electron chi connectivity index (χ1n) is 7.07. The van der Waals surface area contributed by atoms with Gasteiger partial charge in [-0.05, 0) is 25.3 Å². The monoisotopic (exact) mass is 296 g/mol. The standard InChI is InChI=1S/C15H24N2O2S/c1-5-19-12-9-15(16,14(12,3)4)13(18)17-10(2)11-7-6-8-20-11/h6-8,10,12H,5,9,16H2,1-4H3,(H,17,18)/t10-,12?,15?/m1/s1. The van der Waals surface area contributed by atoms with Gasteiger partial charge >= 0.3 is 0 Å². The van der Waals surface area contributed by atoms with Gasteiger partial charge in [0.15, 0.2) is 0 Å². The van der Waals surface area contributed by atoms with Crippen molar-refractivity contribution in [3.8, 4) is 0 Å². The second-order valence-corrected chi connectivity index (χ2v) is 7.03. The molecule has 20 heavy (non-hydrogen) atoms. The van der Waals surface area contributed by atoms with Gasteiger partial charge in [0.2, 0.25) is 5.91 Å². The zero-order valence-corrected chi connectivity index (χ0v) is 13.4. The van der Waals surface area contributed by atoms with Crippen LogP contribution in [0.3, 0.4) is 0 Å². The summed E-state index contributed by atoms with van der Waals surface area (Å²) < 4.78 is 5.66. The lowest BCUT2D eigenvalue weighted by Crippen LogP contribution is -2.75. The van der Waals surface area contributed by atoms with Gasteiger partial charge in [0, 0.05) is 23.3 Å². The molecule has 0 aliphatic heterocycles. The van der Waals surface area contributed by atoms with Crippen molar-refractivity contribution in [2.75, 3.05) is 6.61 Å². The van der Waals surface area contributed by atoms with Gasteiger partial charge in [-0.15, -0.1) is 11.3 Å². The van der Waals surface area contributed by atoms with Crippen molar-refractivity contribution in [2.24, 2.45) is 11.1 Å². The molecule has 2 unspecified atom stereocenters. The molecule has 1 fully saturated rings. The summed E-state index contributed by atoms with van der Waals surface area (Å²) in [7, 11) is 0. The molecule has 5 heteroatoms. The number of carbonyl (C=O) groups is 1. The second-order valence-electron chi connectivity index (χ2n) is 6.05. The van der Waals surface area contributed by atoms with Gasteiger partial charge in [0.25, 0.3) is 0 Å². The number of amides is 1. The van der Waals surface area contributed by atoms with E-state index in [0.717, 1.165) is 4.88 Å². The van der Waals surface area contributed by atoms with Crippen LogP contribution >= 0.6 is 11.3 Å². The van der Waals surface area contributed by atoms with Gasteiger partial charge in [0.05, 0.1) is 12.1 Å². The number of ether oxygens (including phenoxy) is 1. The molecule has 1 aromatic heterocycles. The van der Waals surface area contributed by atoms with Crippen LogP contribution in [0.25, 0.3) is 0 Å². The molecule has 1 amide bonds. The predicted octanol–water partition coefficient (Wildman–Crippen LogP) is 2.46. The van der Waals surface area contributed by atoms with E-state index in [9.17, 15) is 4.79 Å². The smallest absolute Gasteiger partial charge is 0.241 e. The van der Waals surface area contributed by atoms with E-state index in [2.05, 4.69) is 5.32 Å². The Kier molecular flexibility index (Phi) is 4.23. The molecule has 1 aliphatic carbocycles. The number of hydrogen-bond donors (Lipinski definition) is 2. The van der Waals surface area contributed by atoms with Crippen molar-refractivity contribution in [1.29, 1.82) is 0 Å². The lowest BCUT2D eigenvalue weighted by molar-refractivity contribution is -0.171. The first-order chi connectivity index (χ1) is 9.33. The SMILES string of the molecule is CCOC1CC(N)(C(=O)N[C@H](C)c2cccs2)C1(C)C. The van der Waals surface area contributed by atoms with E-state index in [0.29, 0.717) is 13.0 Å². The zero-order valence-electron chi connectivity index (χ0n) is 12.6. The Bertz CT molecular complexity index is 472. The molecule has 4 nitrogen and oxygen atoms in total. The summed E-state index contributed by atoms with van der Waals surface area (Å²) in [5, 5.41) is 5.04. The normalized spacial score (nSPS) is 29.6. The summed E-state index contributed by atoms with van der Waals surface area (Å²) >= 11 is 1.64. The molecule has 0 radical (unpaired) electrons. The number of nitrogens with one attached hydrogen (secondary N) is 1. The van der Waals surface area contributed by atoms with E-state index in [-0.39, 0.29) is 23.5 Å². The summed E-state index contributed by atoms with van der Waals surface area (Å²) in [6.45, 7) is 8.61. The molecular weight excluding hydrogens is 272 g/mol. The summed E-state index contributed by atoms with van der Waals surface area (Å²) in [4.78, 5) is 13.7. The number of thiophene rings is 1. The average molecular weight is 296 g/mol. The molecule has 112 valence electrons. The van der Waals surface area contributed by atoms with Crippen LogP contribution < -0.4 is 11.1 Å². The Labute approximate surface area is 124 Å². The lowest BCUT2D eigenvalue weighted by atomic mass is 9.54. The van der Waals surface area contributed by atoms with Crippen molar-refractivity contribution < 1.29 is 9.53 Å². The number of nitrogens with two attached hydrogens (primary N) is 1. The van der Waals surface area contributed by atoms with Crippen LogP contribution in [0.15, 0.2) is 17.5 Å². The zero-order chi connectivity index (χ0) is 15.0. The molecule has 1 heterocycles. The van der Waals surface area contributed by atoms with Crippen molar-refractivity contribution in [3.63, 3.8) is 0 Å². The largest absolute Gasteiger partial charge is 0.378 e. The third-order valence-corrected chi connectivity index (χ3v) is 5.61. The summed E-state index contributed by atoms with van der Waals surface area (Å²) in [5.41, 5.74) is 5.16. The second kappa shape index (κ2) is 5.47. The van der Waals surface area contributed by atoms with Gasteiger partial charge in [-0.1, -0.05) is 19.9 Å². The van der Waals surface area contributed by atoms with Gasteiger partial charge in [0.1, 0.15) is 5.54 Å². The average Bonchev–Trinajstić information content (AvgIpc) is 2.92. The first kappa shape index (κ1) is 15.5. The van der Waals surface area contributed by atoms with Gasteiger partial charge in [-0.3, -0.25) is 4.79 Å². The molecule has 0 bridgehead atoms. The minimum Gasteiger partial charge on any atom is -0.378 e. The highest BCUT2D eigenvalue weighted by molar-refractivity contribution is 7.10. The minimum absolute atomic E-state index is 0.00938. The molecule has 2 rings (SSSR count). The fourth-order valence-electron chi connectivity index (χ4n) is 2.75. The van der Waals surface area contributed by atoms with E-state index < -0.39 is 5.54 Å². The Morgan fingerprint density at radius 1 is 1.65 bits per heavy atom. The van der Waals surface area contributed by atoms with Crippen molar-refractivity contribution >= 4 is 17.2 Å². The summed E-state index contributed by atoms with van der Waals surface area (Å²) in [6, 6.07) is 4.00. The number of carbonyl (C=O) groups excluding carboxylic acids is 1. The third kappa shape index (κ3) is 2.38. The van der Waals surface area contributed by atoms with Crippen LogP contribution in [0, 0.1) is 5.41 Å². The van der Waals surface area contributed by atoms with Crippen molar-refractivity contribution in [2.45, 2.75) is 51.8 Å². The van der Waals surface area contributed by atoms with E-state index >= 15 is 0 Å². The van der Waals surface area contributed by atoms with E-state index in [1.54, 1.807) is 11.3 Å². The maximum atomic E-state index is 12.5. The van der Waals surface area contributed by atoms with E-state index in [1.165, 1.54) is 0 Å². The lowest BCUT2D eigenvalue weighted by Gasteiger charge is -2.57. The third-order valence-electron chi connectivity index (χ3n) is 4.55. The van der Waals surface area contributed by atoms with Crippen LogP contribution in [0.4, 0.5) is 0 Å². The van der Waals surface area contributed by atoms with Crippen LogP contribution in [0.1, 0.15) is 45.0 Å². The Morgan fingerprint density at radius 2 is 2.35 bits per heavy atom. The fraction of sp³-hybridized carbons (Fsp3) is 0.667. The van der Waals surface area contributed by atoms with Gasteiger partial charge in [-0.25, -0.2) is 0 Å².